The van der Waals surface area contributed by atoms with Crippen molar-refractivity contribution in [2.75, 3.05) is 18.1 Å². The molecule has 0 N–H and O–H groups in total. The van der Waals surface area contributed by atoms with Gasteiger partial charge in [-0.05, 0) is 54.8 Å². The first-order chi connectivity index (χ1) is 14.4. The molecular weight excluding hydrogens is 385 g/mol. The van der Waals surface area contributed by atoms with Crippen LogP contribution in [0, 0.1) is 18.7 Å². The molecule has 0 spiro atoms. The molecule has 0 radical (unpaired) electrons. The van der Waals surface area contributed by atoms with Gasteiger partial charge in [0.05, 0.1) is 18.2 Å². The lowest BCUT2D eigenvalue weighted by Crippen LogP contribution is -2.25. The molecule has 0 aliphatic carbocycles. The Bertz CT molecular complexity index is 1050. The Kier molecular flexibility index (Phi) is 5.53. The van der Waals surface area contributed by atoms with Crippen LogP contribution in [0.2, 0.25) is 0 Å². The van der Waals surface area contributed by atoms with Gasteiger partial charge in [0, 0.05) is 18.5 Å². The van der Waals surface area contributed by atoms with E-state index in [2.05, 4.69) is 24.0 Å². The average molecular weight is 409 g/mol. The van der Waals surface area contributed by atoms with Crippen LogP contribution in [-0.2, 0) is 4.79 Å². The van der Waals surface area contributed by atoms with Crippen LogP contribution in [0.25, 0.3) is 11.4 Å². The molecule has 1 unspecified atom stereocenters. The first kappa shape index (κ1) is 20.1. The Balaban J connectivity index is 1.48. The van der Waals surface area contributed by atoms with Gasteiger partial charge < -0.3 is 14.2 Å². The number of rotatable bonds is 6. The molecule has 156 valence electrons. The van der Waals surface area contributed by atoms with Crippen LogP contribution in [-0.4, -0.2) is 29.2 Å². The fraction of sp³-hybridized carbons (Fsp3) is 0.348. The van der Waals surface area contributed by atoms with E-state index >= 15 is 0 Å². The van der Waals surface area contributed by atoms with Crippen molar-refractivity contribution in [3.63, 3.8) is 0 Å². The summed E-state index contributed by atoms with van der Waals surface area (Å²) in [5.41, 5.74) is 1.98. The summed E-state index contributed by atoms with van der Waals surface area (Å²) < 4.78 is 25.4. The van der Waals surface area contributed by atoms with Gasteiger partial charge in [0.15, 0.2) is 0 Å². The molecule has 4 rings (SSSR count). The molecule has 6 nitrogen and oxygen atoms in total. The highest BCUT2D eigenvalue weighted by Gasteiger charge is 2.36. The minimum Gasteiger partial charge on any atom is -0.493 e. The van der Waals surface area contributed by atoms with Gasteiger partial charge in [-0.2, -0.15) is 4.98 Å². The lowest BCUT2D eigenvalue weighted by Gasteiger charge is -2.17. The number of benzene rings is 2. The predicted molar refractivity (Wildman–Crippen MR) is 111 cm³/mol. The number of aromatic nitrogens is 2. The highest BCUT2D eigenvalue weighted by atomic mass is 19.1. The van der Waals surface area contributed by atoms with Crippen LogP contribution in [0.5, 0.6) is 5.75 Å². The van der Waals surface area contributed by atoms with Crippen molar-refractivity contribution in [2.24, 2.45) is 5.92 Å². The zero-order valence-corrected chi connectivity index (χ0v) is 17.3. The third-order valence-corrected chi connectivity index (χ3v) is 5.00. The smallest absolute Gasteiger partial charge is 0.232 e. The summed E-state index contributed by atoms with van der Waals surface area (Å²) in [6.07, 6.45) is 0.205. The molecule has 0 bridgehead atoms. The number of carbonyl (C=O) groups excluding carboxylic acids is 1. The highest BCUT2D eigenvalue weighted by Crippen LogP contribution is 2.33. The van der Waals surface area contributed by atoms with Crippen molar-refractivity contribution in [3.8, 4) is 17.1 Å². The molecule has 1 fully saturated rings. The molecular formula is C23H24FN3O3. The number of halogens is 1. The number of hydrogen-bond acceptors (Lipinski definition) is 5. The number of nitrogens with zero attached hydrogens (tertiary/aromatic N) is 3. The number of carbonyl (C=O) groups is 1. The van der Waals surface area contributed by atoms with Crippen LogP contribution in [0.3, 0.4) is 0 Å². The Morgan fingerprint density at radius 1 is 1.23 bits per heavy atom. The minimum atomic E-state index is -0.416. The van der Waals surface area contributed by atoms with E-state index in [9.17, 15) is 9.18 Å². The quantitative estimate of drug-likeness (QED) is 0.588. The molecule has 30 heavy (non-hydrogen) atoms. The van der Waals surface area contributed by atoms with Crippen LogP contribution in [0.4, 0.5) is 10.1 Å². The van der Waals surface area contributed by atoms with Crippen molar-refractivity contribution >= 4 is 11.6 Å². The van der Waals surface area contributed by atoms with Gasteiger partial charge in [-0.15, -0.1) is 0 Å². The summed E-state index contributed by atoms with van der Waals surface area (Å²) in [5.74, 6) is 1.23. The fourth-order valence-electron chi connectivity index (χ4n) is 3.42. The SMILES string of the molecule is Cc1ccc(F)c(N2CC(c3nc(-c4ccc(OCC(C)C)cc4)no3)CC2=O)c1. The van der Waals surface area contributed by atoms with Crippen molar-refractivity contribution in [3.05, 3.63) is 59.7 Å². The van der Waals surface area contributed by atoms with Crippen LogP contribution in [0.15, 0.2) is 47.0 Å². The maximum Gasteiger partial charge on any atom is 0.232 e. The summed E-state index contributed by atoms with van der Waals surface area (Å²) >= 11 is 0. The summed E-state index contributed by atoms with van der Waals surface area (Å²) in [5, 5.41) is 4.06. The normalized spacial score (nSPS) is 16.5. The van der Waals surface area contributed by atoms with E-state index in [4.69, 9.17) is 9.26 Å². The first-order valence-electron chi connectivity index (χ1n) is 10.0. The largest absolute Gasteiger partial charge is 0.493 e. The van der Waals surface area contributed by atoms with Gasteiger partial charge in [0.2, 0.25) is 17.6 Å². The van der Waals surface area contributed by atoms with Crippen LogP contribution >= 0.6 is 0 Å². The van der Waals surface area contributed by atoms with E-state index < -0.39 is 5.82 Å². The fourth-order valence-corrected chi connectivity index (χ4v) is 3.42. The van der Waals surface area contributed by atoms with E-state index in [-0.39, 0.29) is 18.2 Å². The molecule has 1 aliphatic rings. The molecule has 1 aromatic heterocycles. The summed E-state index contributed by atoms with van der Waals surface area (Å²) in [6, 6.07) is 12.2. The van der Waals surface area contributed by atoms with Crippen LogP contribution < -0.4 is 9.64 Å². The number of aryl methyl sites for hydroxylation is 1. The molecule has 1 amide bonds. The predicted octanol–water partition coefficient (Wildman–Crippen LogP) is 4.74. The molecule has 0 saturated carbocycles. The summed E-state index contributed by atoms with van der Waals surface area (Å²) in [7, 11) is 0. The first-order valence-corrected chi connectivity index (χ1v) is 10.0. The molecule has 2 aromatic carbocycles. The van der Waals surface area contributed by atoms with Crippen LogP contribution in [0.1, 0.15) is 37.6 Å². The van der Waals surface area contributed by atoms with E-state index in [1.807, 2.05) is 31.2 Å². The molecule has 7 heteroatoms. The second-order valence-electron chi connectivity index (χ2n) is 8.05. The van der Waals surface area contributed by atoms with E-state index in [0.29, 0.717) is 36.5 Å². The molecule has 3 aromatic rings. The monoisotopic (exact) mass is 409 g/mol. The average Bonchev–Trinajstić information content (AvgIpc) is 3.36. The van der Waals surface area contributed by atoms with Gasteiger partial charge >= 0.3 is 0 Å². The molecule has 1 atom stereocenters. The lowest BCUT2D eigenvalue weighted by atomic mass is 10.1. The Morgan fingerprint density at radius 2 is 2.00 bits per heavy atom. The van der Waals surface area contributed by atoms with Gasteiger partial charge in [0.1, 0.15) is 11.6 Å². The number of amides is 1. The standard InChI is InChI=1S/C23H24FN3O3/c1-14(2)13-29-18-7-5-16(6-8-18)22-25-23(30-26-22)17-11-21(28)27(12-17)20-10-15(3)4-9-19(20)24/h4-10,14,17H,11-13H2,1-3H3. The van der Waals surface area contributed by atoms with E-state index in [1.54, 1.807) is 12.1 Å². The topological polar surface area (TPSA) is 68.5 Å². The number of anilines is 1. The molecule has 1 aliphatic heterocycles. The highest BCUT2D eigenvalue weighted by molar-refractivity contribution is 5.96. The van der Waals surface area contributed by atoms with Crippen molar-refractivity contribution < 1.29 is 18.4 Å². The zero-order valence-electron chi connectivity index (χ0n) is 17.3. The van der Waals surface area contributed by atoms with Gasteiger partial charge in [-0.1, -0.05) is 25.1 Å². The van der Waals surface area contributed by atoms with E-state index in [0.717, 1.165) is 16.9 Å². The zero-order chi connectivity index (χ0) is 21.3. The lowest BCUT2D eigenvalue weighted by molar-refractivity contribution is -0.117. The van der Waals surface area contributed by atoms with Gasteiger partial charge in [0.25, 0.3) is 0 Å². The Morgan fingerprint density at radius 3 is 2.73 bits per heavy atom. The summed E-state index contributed by atoms with van der Waals surface area (Å²) in [4.78, 5) is 18.4. The maximum absolute atomic E-state index is 14.2. The van der Waals surface area contributed by atoms with Gasteiger partial charge in [-0.3, -0.25) is 4.79 Å². The minimum absolute atomic E-state index is 0.157. The van der Waals surface area contributed by atoms with E-state index in [1.165, 1.54) is 11.0 Å². The molecule has 1 saturated heterocycles. The Hall–Kier alpha value is -3.22. The second-order valence-corrected chi connectivity index (χ2v) is 8.05. The van der Waals surface area contributed by atoms with Crippen molar-refractivity contribution in [1.82, 2.24) is 10.1 Å². The maximum atomic E-state index is 14.2. The Labute approximate surface area is 174 Å². The second kappa shape index (κ2) is 8.26. The third-order valence-electron chi connectivity index (χ3n) is 5.00. The number of ether oxygens (including phenoxy) is 1. The summed E-state index contributed by atoms with van der Waals surface area (Å²) in [6.45, 7) is 7.02. The molecule has 2 heterocycles. The van der Waals surface area contributed by atoms with Crippen molar-refractivity contribution in [2.45, 2.75) is 33.1 Å². The van der Waals surface area contributed by atoms with Crippen molar-refractivity contribution in [1.29, 1.82) is 0 Å². The third kappa shape index (κ3) is 4.20. The van der Waals surface area contributed by atoms with Gasteiger partial charge in [-0.25, -0.2) is 4.39 Å². The number of hydrogen-bond donors (Lipinski definition) is 0.